The third-order valence-corrected chi connectivity index (χ3v) is 4.53. The Labute approximate surface area is 110 Å². The summed E-state index contributed by atoms with van der Waals surface area (Å²) in [7, 11) is 0. The molecule has 2 heteroatoms. The van der Waals surface area contributed by atoms with Gasteiger partial charge in [-0.05, 0) is 55.6 Å². The van der Waals surface area contributed by atoms with E-state index >= 15 is 0 Å². The van der Waals surface area contributed by atoms with Crippen LogP contribution in [-0.2, 0) is 11.2 Å². The Kier molecular flexibility index (Phi) is 3.67. The molecule has 0 radical (unpaired) electrons. The first-order chi connectivity index (χ1) is 8.83. The van der Waals surface area contributed by atoms with Crippen LogP contribution in [0.1, 0.15) is 49.3 Å². The van der Waals surface area contributed by atoms with Gasteiger partial charge in [0.05, 0.1) is 12.7 Å². The lowest BCUT2D eigenvalue weighted by atomic mass is 9.81. The van der Waals surface area contributed by atoms with Crippen LogP contribution in [-0.4, -0.2) is 12.6 Å². The predicted octanol–water partition coefficient (Wildman–Crippen LogP) is 3.21. The van der Waals surface area contributed by atoms with E-state index in [1.807, 2.05) is 0 Å². The fourth-order valence-corrected chi connectivity index (χ4v) is 3.40. The van der Waals surface area contributed by atoms with Gasteiger partial charge in [0.25, 0.3) is 0 Å². The molecule has 1 aromatic rings. The van der Waals surface area contributed by atoms with Crippen LogP contribution < -0.4 is 5.73 Å². The standard InChI is InChI=1S/C16H23NO/c17-14-7-5-12(6-8-14)11-16-15-4-2-1-3-13(15)9-10-18-16/h1-4,12,14,16H,5-11,17H2. The third kappa shape index (κ3) is 2.60. The van der Waals surface area contributed by atoms with Crippen molar-refractivity contribution in [2.45, 2.75) is 50.7 Å². The first-order valence-electron chi connectivity index (χ1n) is 7.28. The molecule has 2 N–H and O–H groups in total. The molecule has 0 aromatic heterocycles. The molecule has 1 aliphatic heterocycles. The van der Waals surface area contributed by atoms with Crippen LogP contribution in [0, 0.1) is 5.92 Å². The topological polar surface area (TPSA) is 35.2 Å². The maximum atomic E-state index is 6.00. The number of rotatable bonds is 2. The Bertz CT molecular complexity index is 396. The molecule has 1 unspecified atom stereocenters. The molecule has 1 heterocycles. The highest BCUT2D eigenvalue weighted by atomic mass is 16.5. The van der Waals surface area contributed by atoms with Crippen molar-refractivity contribution < 1.29 is 4.74 Å². The first-order valence-corrected chi connectivity index (χ1v) is 7.28. The molecule has 0 bridgehead atoms. The van der Waals surface area contributed by atoms with E-state index in [4.69, 9.17) is 10.5 Å². The third-order valence-electron chi connectivity index (χ3n) is 4.53. The molecule has 1 atom stereocenters. The normalized spacial score (nSPS) is 31.9. The maximum Gasteiger partial charge on any atom is 0.0830 e. The SMILES string of the molecule is NC1CCC(CC2OCCc3ccccc32)CC1. The summed E-state index contributed by atoms with van der Waals surface area (Å²) in [5.74, 6) is 0.806. The average molecular weight is 245 g/mol. The molecule has 98 valence electrons. The fraction of sp³-hybridized carbons (Fsp3) is 0.625. The summed E-state index contributed by atoms with van der Waals surface area (Å²) >= 11 is 0. The van der Waals surface area contributed by atoms with Crippen molar-refractivity contribution in [1.29, 1.82) is 0 Å². The van der Waals surface area contributed by atoms with E-state index in [1.54, 1.807) is 0 Å². The molecule has 3 rings (SSSR count). The summed E-state index contributed by atoms with van der Waals surface area (Å²) in [5.41, 5.74) is 8.89. The van der Waals surface area contributed by atoms with Crippen molar-refractivity contribution in [3.63, 3.8) is 0 Å². The van der Waals surface area contributed by atoms with Crippen LogP contribution in [0.15, 0.2) is 24.3 Å². The molecule has 18 heavy (non-hydrogen) atoms. The minimum Gasteiger partial charge on any atom is -0.373 e. The van der Waals surface area contributed by atoms with Gasteiger partial charge in [-0.3, -0.25) is 0 Å². The summed E-state index contributed by atoms with van der Waals surface area (Å²) in [6.07, 6.45) is 7.53. The molecule has 1 aliphatic carbocycles. The first kappa shape index (κ1) is 12.2. The molecule has 0 amide bonds. The van der Waals surface area contributed by atoms with Crippen LogP contribution in [0.3, 0.4) is 0 Å². The zero-order valence-electron chi connectivity index (χ0n) is 11.0. The smallest absolute Gasteiger partial charge is 0.0830 e. The second-order valence-electron chi connectivity index (χ2n) is 5.82. The van der Waals surface area contributed by atoms with Crippen molar-refractivity contribution in [3.05, 3.63) is 35.4 Å². The quantitative estimate of drug-likeness (QED) is 0.868. The van der Waals surface area contributed by atoms with Gasteiger partial charge in [0.1, 0.15) is 0 Å². The van der Waals surface area contributed by atoms with Crippen LogP contribution >= 0.6 is 0 Å². The Hall–Kier alpha value is -0.860. The van der Waals surface area contributed by atoms with Gasteiger partial charge in [-0.15, -0.1) is 0 Å². The average Bonchev–Trinajstić information content (AvgIpc) is 2.42. The second-order valence-corrected chi connectivity index (χ2v) is 5.82. The van der Waals surface area contributed by atoms with E-state index in [2.05, 4.69) is 24.3 Å². The molecule has 1 aromatic carbocycles. The number of hydrogen-bond donors (Lipinski definition) is 1. The Morgan fingerprint density at radius 2 is 1.89 bits per heavy atom. The zero-order chi connectivity index (χ0) is 12.4. The number of fused-ring (bicyclic) bond motifs is 1. The summed E-state index contributed by atoms with van der Waals surface area (Å²) in [6, 6.07) is 9.22. The highest BCUT2D eigenvalue weighted by molar-refractivity contribution is 5.30. The van der Waals surface area contributed by atoms with Crippen LogP contribution in [0.5, 0.6) is 0 Å². The molecular weight excluding hydrogens is 222 g/mol. The predicted molar refractivity (Wildman–Crippen MR) is 73.4 cm³/mol. The van der Waals surface area contributed by atoms with Gasteiger partial charge >= 0.3 is 0 Å². The Morgan fingerprint density at radius 1 is 1.11 bits per heavy atom. The van der Waals surface area contributed by atoms with Crippen LogP contribution in [0.4, 0.5) is 0 Å². The van der Waals surface area contributed by atoms with Crippen molar-refractivity contribution in [1.82, 2.24) is 0 Å². The van der Waals surface area contributed by atoms with Gasteiger partial charge < -0.3 is 10.5 Å². The highest BCUT2D eigenvalue weighted by Gasteiger charge is 2.26. The van der Waals surface area contributed by atoms with Gasteiger partial charge in [-0.1, -0.05) is 24.3 Å². The molecule has 1 fully saturated rings. The van der Waals surface area contributed by atoms with Gasteiger partial charge in [-0.2, -0.15) is 0 Å². The highest BCUT2D eigenvalue weighted by Crippen LogP contribution is 2.36. The minimum atomic E-state index is 0.328. The van der Waals surface area contributed by atoms with E-state index in [1.165, 1.54) is 43.2 Å². The molecule has 0 spiro atoms. The van der Waals surface area contributed by atoms with Crippen molar-refractivity contribution >= 4 is 0 Å². The second kappa shape index (κ2) is 5.41. The summed E-state index contributed by atoms with van der Waals surface area (Å²) in [4.78, 5) is 0. The van der Waals surface area contributed by atoms with Crippen molar-refractivity contribution in [2.75, 3.05) is 6.61 Å². The molecule has 1 saturated carbocycles. The van der Waals surface area contributed by atoms with E-state index in [0.29, 0.717) is 12.1 Å². The van der Waals surface area contributed by atoms with Crippen molar-refractivity contribution in [3.8, 4) is 0 Å². The van der Waals surface area contributed by atoms with Gasteiger partial charge in [0, 0.05) is 6.04 Å². The lowest BCUT2D eigenvalue weighted by Crippen LogP contribution is -2.28. The van der Waals surface area contributed by atoms with E-state index in [0.717, 1.165) is 18.9 Å². The summed E-state index contributed by atoms with van der Waals surface area (Å²) < 4.78 is 6.00. The monoisotopic (exact) mass is 245 g/mol. The summed E-state index contributed by atoms with van der Waals surface area (Å²) in [5, 5.41) is 0. The number of hydrogen-bond acceptors (Lipinski definition) is 2. The van der Waals surface area contributed by atoms with Crippen molar-refractivity contribution in [2.24, 2.45) is 11.7 Å². The lowest BCUT2D eigenvalue weighted by Gasteiger charge is -2.32. The van der Waals surface area contributed by atoms with Gasteiger partial charge in [0.2, 0.25) is 0 Å². The number of ether oxygens (including phenoxy) is 1. The maximum absolute atomic E-state index is 6.00. The lowest BCUT2D eigenvalue weighted by molar-refractivity contribution is 0.0207. The molecule has 2 nitrogen and oxygen atoms in total. The van der Waals surface area contributed by atoms with Gasteiger partial charge in [-0.25, -0.2) is 0 Å². The fourth-order valence-electron chi connectivity index (χ4n) is 3.40. The Morgan fingerprint density at radius 3 is 2.72 bits per heavy atom. The number of nitrogens with two attached hydrogens (primary N) is 1. The van der Waals surface area contributed by atoms with E-state index < -0.39 is 0 Å². The summed E-state index contributed by atoms with van der Waals surface area (Å²) in [6.45, 7) is 0.883. The largest absolute Gasteiger partial charge is 0.373 e. The Balaban J connectivity index is 1.67. The van der Waals surface area contributed by atoms with Crippen LogP contribution in [0.2, 0.25) is 0 Å². The van der Waals surface area contributed by atoms with E-state index in [-0.39, 0.29) is 0 Å². The molecule has 2 aliphatic rings. The van der Waals surface area contributed by atoms with E-state index in [9.17, 15) is 0 Å². The van der Waals surface area contributed by atoms with Gasteiger partial charge in [0.15, 0.2) is 0 Å². The molecule has 0 saturated heterocycles. The minimum absolute atomic E-state index is 0.328. The molecular formula is C16H23NO. The number of benzene rings is 1. The zero-order valence-corrected chi connectivity index (χ0v) is 11.0. The van der Waals surface area contributed by atoms with Crippen LogP contribution in [0.25, 0.3) is 0 Å².